The second-order valence-electron chi connectivity index (χ2n) is 10.9. The van der Waals surface area contributed by atoms with Gasteiger partial charge in [0, 0.05) is 24.2 Å². The third-order valence-electron chi connectivity index (χ3n) is 7.88. The molecule has 2 aliphatic carbocycles. The van der Waals surface area contributed by atoms with Gasteiger partial charge in [0.05, 0.1) is 23.3 Å². The highest BCUT2D eigenvalue weighted by molar-refractivity contribution is 6.09. The first-order valence-electron chi connectivity index (χ1n) is 13.6. The maximum atomic E-state index is 15.5. The summed E-state index contributed by atoms with van der Waals surface area (Å²) in [6, 6.07) is 3.62. The molecule has 2 saturated carbocycles. The highest BCUT2D eigenvalue weighted by atomic mass is 19.1. The minimum Gasteiger partial charge on any atom is -0.492 e. The first-order chi connectivity index (χ1) is 18.3. The van der Waals surface area contributed by atoms with Crippen LogP contribution in [0.4, 0.5) is 4.39 Å². The second-order valence-corrected chi connectivity index (χ2v) is 10.9. The second kappa shape index (κ2) is 10.7. The predicted molar refractivity (Wildman–Crippen MR) is 143 cm³/mol. The molecule has 9 heteroatoms. The summed E-state index contributed by atoms with van der Waals surface area (Å²) in [6.45, 7) is 8.02. The van der Waals surface area contributed by atoms with E-state index in [1.54, 1.807) is 19.1 Å². The molecular weight excluding hydrogens is 485 g/mol. The average molecular weight is 522 g/mol. The van der Waals surface area contributed by atoms with Crippen molar-refractivity contribution in [2.45, 2.75) is 78.3 Å². The molecule has 0 bridgehead atoms. The highest BCUT2D eigenvalue weighted by Crippen LogP contribution is 2.39. The number of halogens is 1. The topological polar surface area (TPSA) is 109 Å². The van der Waals surface area contributed by atoms with Gasteiger partial charge in [0.25, 0.3) is 5.91 Å². The average Bonchev–Trinajstić information content (AvgIpc) is 3.66. The van der Waals surface area contributed by atoms with Gasteiger partial charge >= 0.3 is 0 Å². The lowest BCUT2D eigenvalue weighted by Crippen LogP contribution is -2.48. The van der Waals surface area contributed by atoms with Crippen LogP contribution in [0.5, 0.6) is 5.75 Å². The smallest absolute Gasteiger partial charge is 0.255 e. The number of rotatable bonds is 8. The van der Waals surface area contributed by atoms with E-state index in [0.29, 0.717) is 58.2 Å². The Morgan fingerprint density at radius 1 is 1.13 bits per heavy atom. The number of H-pyrrole nitrogens is 1. The molecule has 2 aromatic heterocycles. The number of hydrogen-bond donors (Lipinski definition) is 3. The van der Waals surface area contributed by atoms with Crippen LogP contribution in [0.2, 0.25) is 0 Å². The summed E-state index contributed by atoms with van der Waals surface area (Å²) in [6.07, 6.45) is 6.50. The van der Waals surface area contributed by atoms with Crippen molar-refractivity contribution in [2.24, 2.45) is 11.8 Å². The molecular formula is C29H36FN5O3. The van der Waals surface area contributed by atoms with E-state index in [1.807, 2.05) is 13.8 Å². The van der Waals surface area contributed by atoms with Crippen molar-refractivity contribution in [1.82, 2.24) is 25.6 Å². The predicted octanol–water partition coefficient (Wildman–Crippen LogP) is 4.98. The number of aromatic amines is 1. The zero-order chi connectivity index (χ0) is 27.0. The molecule has 3 N–H and O–H groups in total. The Balaban J connectivity index is 1.42. The molecule has 0 saturated heterocycles. The van der Waals surface area contributed by atoms with Crippen LogP contribution in [0, 0.1) is 31.5 Å². The Morgan fingerprint density at radius 2 is 1.92 bits per heavy atom. The number of aromatic nitrogens is 3. The van der Waals surface area contributed by atoms with Gasteiger partial charge in [0.1, 0.15) is 29.1 Å². The minimum absolute atomic E-state index is 0.0143. The lowest BCUT2D eigenvalue weighted by molar-refractivity contribution is -0.121. The molecule has 3 atom stereocenters. The zero-order valence-corrected chi connectivity index (χ0v) is 22.5. The Hall–Kier alpha value is -3.49. The number of nitrogens with zero attached hydrogens (tertiary/aromatic N) is 2. The fraction of sp³-hybridized carbons (Fsp3) is 0.517. The summed E-state index contributed by atoms with van der Waals surface area (Å²) in [7, 11) is 0. The molecule has 2 heterocycles. The number of carbonyl (C=O) groups is 2. The van der Waals surface area contributed by atoms with Crippen LogP contribution in [0.3, 0.4) is 0 Å². The molecule has 0 radical (unpaired) electrons. The van der Waals surface area contributed by atoms with E-state index in [-0.39, 0.29) is 35.4 Å². The quantitative estimate of drug-likeness (QED) is 0.387. The van der Waals surface area contributed by atoms with Crippen LogP contribution in [-0.4, -0.2) is 45.5 Å². The van der Waals surface area contributed by atoms with Crippen molar-refractivity contribution in [3.05, 3.63) is 41.1 Å². The van der Waals surface area contributed by atoms with Gasteiger partial charge in [0.15, 0.2) is 0 Å². The summed E-state index contributed by atoms with van der Waals surface area (Å²) >= 11 is 0. The van der Waals surface area contributed by atoms with Crippen LogP contribution in [0.25, 0.3) is 22.3 Å². The lowest BCUT2D eigenvalue weighted by atomic mass is 9.82. The van der Waals surface area contributed by atoms with Crippen LogP contribution >= 0.6 is 0 Å². The molecule has 0 unspecified atom stereocenters. The van der Waals surface area contributed by atoms with Gasteiger partial charge in [-0.05, 0) is 69.4 Å². The van der Waals surface area contributed by atoms with E-state index >= 15 is 4.39 Å². The van der Waals surface area contributed by atoms with Crippen molar-refractivity contribution >= 4 is 22.8 Å². The lowest BCUT2D eigenvalue weighted by Gasteiger charge is -2.35. The molecule has 2 aliphatic rings. The number of ether oxygens (including phenoxy) is 1. The zero-order valence-electron chi connectivity index (χ0n) is 22.5. The van der Waals surface area contributed by atoms with Crippen LogP contribution in [0.15, 0.2) is 18.5 Å². The van der Waals surface area contributed by atoms with E-state index in [9.17, 15) is 9.59 Å². The van der Waals surface area contributed by atoms with E-state index < -0.39 is 5.82 Å². The SMILES string of the molecule is CCC(=O)N[C@H]1CC[C@@H](NC(=O)c2c(C)[nH]c3c(-c4c(OCC5CC5)ccc(C)c4F)ncnc23)[C@H](C)C1. The summed E-state index contributed by atoms with van der Waals surface area (Å²) in [4.78, 5) is 37.4. The van der Waals surface area contributed by atoms with Crippen LogP contribution in [-0.2, 0) is 4.79 Å². The Labute approximate surface area is 222 Å². The number of fused-ring (bicyclic) bond motifs is 1. The molecule has 0 aliphatic heterocycles. The largest absolute Gasteiger partial charge is 0.492 e. The molecule has 5 rings (SSSR count). The minimum atomic E-state index is -0.391. The van der Waals surface area contributed by atoms with E-state index in [4.69, 9.17) is 4.74 Å². The van der Waals surface area contributed by atoms with Crippen molar-refractivity contribution in [2.75, 3.05) is 6.61 Å². The Bertz CT molecular complexity index is 1370. The van der Waals surface area contributed by atoms with Crippen molar-refractivity contribution in [1.29, 1.82) is 0 Å². The van der Waals surface area contributed by atoms with Gasteiger partial charge in [0.2, 0.25) is 5.91 Å². The number of benzene rings is 1. The van der Waals surface area contributed by atoms with Crippen molar-refractivity contribution < 1.29 is 18.7 Å². The third-order valence-corrected chi connectivity index (χ3v) is 7.88. The number of aryl methyl sites for hydroxylation is 2. The first-order valence-corrected chi connectivity index (χ1v) is 13.6. The van der Waals surface area contributed by atoms with Gasteiger partial charge in [-0.25, -0.2) is 14.4 Å². The summed E-state index contributed by atoms with van der Waals surface area (Å²) in [5.41, 5.74) is 3.20. The number of hydrogen-bond acceptors (Lipinski definition) is 5. The number of carbonyl (C=O) groups excluding carboxylic acids is 2. The maximum absolute atomic E-state index is 15.5. The molecule has 3 aromatic rings. The Morgan fingerprint density at radius 3 is 2.63 bits per heavy atom. The summed E-state index contributed by atoms with van der Waals surface area (Å²) in [5.74, 6) is 0.609. The molecule has 202 valence electrons. The van der Waals surface area contributed by atoms with Crippen LogP contribution in [0.1, 0.15) is 74.0 Å². The third kappa shape index (κ3) is 5.24. The molecule has 0 spiro atoms. The van der Waals surface area contributed by atoms with Gasteiger partial charge in [-0.15, -0.1) is 0 Å². The van der Waals surface area contributed by atoms with Crippen molar-refractivity contribution in [3.8, 4) is 17.0 Å². The summed E-state index contributed by atoms with van der Waals surface area (Å²) in [5, 5.41) is 6.26. The molecule has 2 fully saturated rings. The fourth-order valence-electron chi connectivity index (χ4n) is 5.40. The molecule has 38 heavy (non-hydrogen) atoms. The van der Waals surface area contributed by atoms with Gasteiger partial charge in [-0.3, -0.25) is 9.59 Å². The standard InChI is InChI=1S/C29H36FN5O3/c1-5-22(36)34-19-9-10-20(16(3)12-19)35-29(37)23-17(4)33-28-26(23)31-14-32-27(28)24-21(38-13-18-7-8-18)11-6-15(2)25(24)30/h6,11,14,16,18-20,33H,5,7-10,12-13H2,1-4H3,(H,34,36)(H,35,37)/t16-,19+,20-/m1/s1. The van der Waals surface area contributed by atoms with Gasteiger partial charge in [-0.2, -0.15) is 0 Å². The maximum Gasteiger partial charge on any atom is 0.255 e. The van der Waals surface area contributed by atoms with Crippen LogP contribution < -0.4 is 15.4 Å². The number of amides is 2. The van der Waals surface area contributed by atoms with E-state index in [0.717, 1.165) is 32.1 Å². The highest BCUT2D eigenvalue weighted by Gasteiger charge is 2.31. The fourth-order valence-corrected chi connectivity index (χ4v) is 5.40. The molecule has 1 aromatic carbocycles. The Kier molecular flexibility index (Phi) is 7.36. The van der Waals surface area contributed by atoms with Gasteiger partial charge < -0.3 is 20.4 Å². The van der Waals surface area contributed by atoms with Crippen molar-refractivity contribution in [3.63, 3.8) is 0 Å². The molecule has 8 nitrogen and oxygen atoms in total. The van der Waals surface area contributed by atoms with E-state index in [1.165, 1.54) is 6.33 Å². The first kappa shape index (κ1) is 26.1. The number of nitrogens with one attached hydrogen (secondary N) is 3. The monoisotopic (exact) mass is 521 g/mol. The molecule has 2 amide bonds. The summed E-state index contributed by atoms with van der Waals surface area (Å²) < 4.78 is 21.5. The van der Waals surface area contributed by atoms with Gasteiger partial charge in [-0.1, -0.05) is 19.9 Å². The van der Waals surface area contributed by atoms with E-state index in [2.05, 4.69) is 32.5 Å². The normalized spacial score (nSPS) is 21.3.